The summed E-state index contributed by atoms with van der Waals surface area (Å²) in [5.41, 5.74) is 2.79. The third-order valence-corrected chi connectivity index (χ3v) is 6.91. The Morgan fingerprint density at radius 2 is 1.74 bits per heavy atom. The maximum atomic E-state index is 15.2. The highest BCUT2D eigenvalue weighted by atomic mass is 19.1. The summed E-state index contributed by atoms with van der Waals surface area (Å²) in [5, 5.41) is 10.5. The molecule has 1 nitrogen and oxygen atoms in total. The van der Waals surface area contributed by atoms with E-state index >= 15 is 4.39 Å². The van der Waals surface area contributed by atoms with Crippen molar-refractivity contribution in [3.63, 3.8) is 0 Å². The summed E-state index contributed by atoms with van der Waals surface area (Å²) < 4.78 is 29.0. The molecule has 0 atom stereocenters. The van der Waals surface area contributed by atoms with E-state index in [1.54, 1.807) is 6.07 Å². The number of hydrogen-bond donors (Lipinski definition) is 0. The van der Waals surface area contributed by atoms with Crippen LogP contribution >= 0.6 is 0 Å². The van der Waals surface area contributed by atoms with Gasteiger partial charge in [0, 0.05) is 5.39 Å². The molecular formula is C28H29F2N. The number of rotatable bonds is 6. The number of hydrogen-bond acceptors (Lipinski definition) is 1. The molecular weight excluding hydrogens is 388 g/mol. The van der Waals surface area contributed by atoms with Crippen LogP contribution in [0.25, 0.3) is 10.8 Å². The number of halogens is 2. The Bertz CT molecular complexity index is 1100. The molecule has 1 aliphatic carbocycles. The number of nitrogens with zero attached hydrogens (tertiary/aromatic N) is 1. The SMILES string of the molecule is CCCC1CCC(c2ccc3c(F)c(CCc4ccc(C#N)c(F)c4)ccc3c2)CC1. The van der Waals surface area contributed by atoms with E-state index in [9.17, 15) is 4.39 Å². The van der Waals surface area contributed by atoms with Gasteiger partial charge in [0.2, 0.25) is 0 Å². The molecule has 4 rings (SSSR count). The molecule has 0 bridgehead atoms. The van der Waals surface area contributed by atoms with Crippen molar-refractivity contribution in [2.75, 3.05) is 0 Å². The fraction of sp³-hybridized carbons (Fsp3) is 0.393. The van der Waals surface area contributed by atoms with Crippen molar-refractivity contribution in [3.05, 3.63) is 82.4 Å². The summed E-state index contributed by atoms with van der Waals surface area (Å²) in [5.74, 6) is 0.776. The van der Waals surface area contributed by atoms with Gasteiger partial charge in [0.25, 0.3) is 0 Å². The van der Waals surface area contributed by atoms with E-state index in [1.165, 1.54) is 56.2 Å². The van der Waals surface area contributed by atoms with Gasteiger partial charge in [0.15, 0.2) is 0 Å². The quantitative estimate of drug-likeness (QED) is 0.401. The summed E-state index contributed by atoms with van der Waals surface area (Å²) >= 11 is 0. The Hall–Kier alpha value is -2.73. The Kier molecular flexibility index (Phi) is 6.66. The predicted octanol–water partition coefficient (Wildman–Crippen LogP) is 7.85. The maximum Gasteiger partial charge on any atom is 0.141 e. The minimum atomic E-state index is -0.518. The summed E-state index contributed by atoms with van der Waals surface area (Å²) in [6.45, 7) is 2.26. The zero-order chi connectivity index (χ0) is 21.8. The van der Waals surface area contributed by atoms with E-state index < -0.39 is 5.82 Å². The Balaban J connectivity index is 1.47. The first-order valence-corrected chi connectivity index (χ1v) is 11.5. The fourth-order valence-electron chi connectivity index (χ4n) is 5.08. The molecule has 0 N–H and O–H groups in total. The normalized spacial score (nSPS) is 18.8. The minimum absolute atomic E-state index is 0.0373. The molecule has 0 heterocycles. The van der Waals surface area contributed by atoms with Crippen LogP contribution in [-0.2, 0) is 12.8 Å². The molecule has 3 heteroatoms. The summed E-state index contributed by atoms with van der Waals surface area (Å²) in [6.07, 6.45) is 8.72. The van der Waals surface area contributed by atoms with Crippen LogP contribution in [0, 0.1) is 28.9 Å². The molecule has 3 aromatic carbocycles. The highest BCUT2D eigenvalue weighted by molar-refractivity contribution is 5.84. The van der Waals surface area contributed by atoms with E-state index in [1.807, 2.05) is 24.3 Å². The van der Waals surface area contributed by atoms with Gasteiger partial charge in [-0.3, -0.25) is 0 Å². The second kappa shape index (κ2) is 9.60. The monoisotopic (exact) mass is 417 g/mol. The average Bonchev–Trinajstić information content (AvgIpc) is 2.79. The van der Waals surface area contributed by atoms with E-state index in [0.717, 1.165) is 16.9 Å². The largest absolute Gasteiger partial charge is 0.206 e. The van der Waals surface area contributed by atoms with Crippen molar-refractivity contribution >= 4 is 10.8 Å². The Morgan fingerprint density at radius 1 is 0.935 bits per heavy atom. The molecule has 0 radical (unpaired) electrons. The van der Waals surface area contributed by atoms with E-state index in [2.05, 4.69) is 19.1 Å². The van der Waals surface area contributed by atoms with Crippen LogP contribution in [0.4, 0.5) is 8.78 Å². The van der Waals surface area contributed by atoms with Crippen LogP contribution < -0.4 is 0 Å². The van der Waals surface area contributed by atoms with Crippen LogP contribution in [0.3, 0.4) is 0 Å². The van der Waals surface area contributed by atoms with Gasteiger partial charge < -0.3 is 0 Å². The number of aryl methyl sites for hydroxylation is 2. The number of benzene rings is 3. The van der Waals surface area contributed by atoms with Crippen molar-refractivity contribution in [3.8, 4) is 6.07 Å². The first kappa shape index (κ1) is 21.5. The van der Waals surface area contributed by atoms with Crippen LogP contribution in [-0.4, -0.2) is 0 Å². The summed E-state index contributed by atoms with van der Waals surface area (Å²) in [4.78, 5) is 0. The highest BCUT2D eigenvalue weighted by Crippen LogP contribution is 2.38. The molecule has 3 aromatic rings. The number of nitriles is 1. The first-order valence-electron chi connectivity index (χ1n) is 11.5. The van der Waals surface area contributed by atoms with Crippen molar-refractivity contribution in [2.24, 2.45) is 5.92 Å². The van der Waals surface area contributed by atoms with Crippen molar-refractivity contribution in [1.82, 2.24) is 0 Å². The van der Waals surface area contributed by atoms with Gasteiger partial charge in [-0.15, -0.1) is 0 Å². The predicted molar refractivity (Wildman–Crippen MR) is 122 cm³/mol. The van der Waals surface area contributed by atoms with Gasteiger partial charge in [-0.05, 0) is 84.6 Å². The molecule has 1 saturated carbocycles. The van der Waals surface area contributed by atoms with Gasteiger partial charge in [0.05, 0.1) is 5.56 Å². The third-order valence-electron chi connectivity index (χ3n) is 6.91. The van der Waals surface area contributed by atoms with Crippen LogP contribution in [0.15, 0.2) is 48.5 Å². The van der Waals surface area contributed by atoms with Crippen molar-refractivity contribution in [1.29, 1.82) is 5.26 Å². The van der Waals surface area contributed by atoms with Crippen LogP contribution in [0.1, 0.15) is 73.6 Å². The average molecular weight is 418 g/mol. The lowest BCUT2D eigenvalue weighted by atomic mass is 9.77. The van der Waals surface area contributed by atoms with Crippen LogP contribution in [0.2, 0.25) is 0 Å². The van der Waals surface area contributed by atoms with Crippen molar-refractivity contribution < 1.29 is 8.78 Å². The lowest BCUT2D eigenvalue weighted by Gasteiger charge is -2.28. The van der Waals surface area contributed by atoms with Gasteiger partial charge in [-0.25, -0.2) is 8.78 Å². The smallest absolute Gasteiger partial charge is 0.141 e. The standard InChI is InChI=1S/C28H29F2N/c1-2-3-19-4-8-21(9-5-19)23-14-15-26-24(17-23)13-12-22(28(26)30)10-6-20-7-11-25(18-31)27(29)16-20/h7,11-17,19,21H,2-6,8-10H2,1H3. The van der Waals surface area contributed by atoms with Gasteiger partial charge in [-0.2, -0.15) is 5.26 Å². The fourth-order valence-corrected chi connectivity index (χ4v) is 5.08. The minimum Gasteiger partial charge on any atom is -0.206 e. The second-order valence-electron chi connectivity index (χ2n) is 8.95. The van der Waals surface area contributed by atoms with E-state index in [4.69, 9.17) is 5.26 Å². The second-order valence-corrected chi connectivity index (χ2v) is 8.95. The number of fused-ring (bicyclic) bond motifs is 1. The molecule has 0 aliphatic heterocycles. The molecule has 1 fully saturated rings. The molecule has 0 saturated heterocycles. The lowest BCUT2D eigenvalue weighted by molar-refractivity contribution is 0.308. The topological polar surface area (TPSA) is 23.8 Å². The Labute approximate surface area is 183 Å². The Morgan fingerprint density at radius 3 is 2.45 bits per heavy atom. The van der Waals surface area contributed by atoms with E-state index in [-0.39, 0.29) is 11.4 Å². The molecule has 0 unspecified atom stereocenters. The molecule has 160 valence electrons. The van der Waals surface area contributed by atoms with Crippen molar-refractivity contribution in [2.45, 2.75) is 64.2 Å². The summed E-state index contributed by atoms with van der Waals surface area (Å²) in [6, 6.07) is 16.5. The molecule has 0 amide bonds. The van der Waals surface area contributed by atoms with Gasteiger partial charge in [0.1, 0.15) is 17.7 Å². The maximum absolute atomic E-state index is 15.2. The van der Waals surface area contributed by atoms with Gasteiger partial charge in [-0.1, -0.05) is 56.2 Å². The summed E-state index contributed by atoms with van der Waals surface area (Å²) in [7, 11) is 0. The lowest BCUT2D eigenvalue weighted by Crippen LogP contribution is -2.13. The molecule has 1 aliphatic rings. The first-order chi connectivity index (χ1) is 15.1. The highest BCUT2D eigenvalue weighted by Gasteiger charge is 2.22. The van der Waals surface area contributed by atoms with Gasteiger partial charge >= 0.3 is 0 Å². The third kappa shape index (κ3) is 4.79. The molecule has 0 aromatic heterocycles. The molecule has 0 spiro atoms. The zero-order valence-electron chi connectivity index (χ0n) is 18.1. The van der Waals surface area contributed by atoms with Crippen LogP contribution in [0.5, 0.6) is 0 Å². The van der Waals surface area contributed by atoms with E-state index in [0.29, 0.717) is 29.7 Å². The zero-order valence-corrected chi connectivity index (χ0v) is 18.1. The molecule has 31 heavy (non-hydrogen) atoms.